The van der Waals surface area contributed by atoms with E-state index in [2.05, 4.69) is 25.3 Å². The molecule has 16 heavy (non-hydrogen) atoms. The third-order valence-electron chi connectivity index (χ3n) is 2.03. The van der Waals surface area contributed by atoms with Crippen LogP contribution < -0.4 is 0 Å². The Hall–Kier alpha value is -0.690. The maximum absolute atomic E-state index is 11.7. The second-order valence-electron chi connectivity index (χ2n) is 3.81. The van der Waals surface area contributed by atoms with E-state index in [1.807, 2.05) is 0 Å². The monoisotopic (exact) mass is 262 g/mol. The van der Waals surface area contributed by atoms with Gasteiger partial charge in [-0.2, -0.15) is 25.3 Å². The Bertz CT molecular complexity index is 301. The van der Waals surface area contributed by atoms with E-state index < -0.39 is 17.8 Å². The number of rotatable bonds is 4. The van der Waals surface area contributed by atoms with Gasteiger partial charge >= 0.3 is 17.8 Å². The summed E-state index contributed by atoms with van der Waals surface area (Å²) in [6.45, 7) is 3.78. The van der Waals surface area contributed by atoms with Crippen molar-refractivity contribution in [2.24, 2.45) is 0 Å². The normalized spacial score (nSPS) is 20.6. The quantitative estimate of drug-likeness (QED) is 0.438. The summed E-state index contributed by atoms with van der Waals surface area (Å²) in [6, 6.07) is -0.572. The molecule has 0 radical (unpaired) electrons. The summed E-state index contributed by atoms with van der Waals surface area (Å²) in [5.41, 5.74) is 0. The molecule has 4 amide bonds. The molecule has 0 aromatic heterocycles. The van der Waals surface area contributed by atoms with Gasteiger partial charge in [0.2, 0.25) is 0 Å². The number of carbonyl (C=O) groups is 3. The lowest BCUT2D eigenvalue weighted by atomic mass is 10.4. The van der Waals surface area contributed by atoms with E-state index in [4.69, 9.17) is 0 Å². The minimum atomic E-state index is -0.778. The lowest BCUT2D eigenvalue weighted by molar-refractivity contribution is -0.143. The fraction of sp³-hybridized carbons (Fsp3) is 0.667. The number of imide groups is 2. The molecule has 1 aliphatic heterocycles. The highest BCUT2D eigenvalue weighted by Gasteiger charge is 2.44. The number of amides is 4. The molecule has 0 saturated carbocycles. The predicted molar refractivity (Wildman–Crippen MR) is 65.7 cm³/mol. The molecule has 0 N–H and O–H groups in total. The van der Waals surface area contributed by atoms with Crippen LogP contribution in [0.1, 0.15) is 13.8 Å². The lowest BCUT2D eigenvalue weighted by Gasteiger charge is -2.17. The van der Waals surface area contributed by atoms with Crippen molar-refractivity contribution in [1.82, 2.24) is 9.80 Å². The van der Waals surface area contributed by atoms with Gasteiger partial charge in [0.05, 0.1) is 0 Å². The largest absolute Gasteiger partial charge is 0.334 e. The average Bonchev–Trinajstić information content (AvgIpc) is 2.34. The first kappa shape index (κ1) is 13.4. The summed E-state index contributed by atoms with van der Waals surface area (Å²) in [4.78, 5) is 36.6. The van der Waals surface area contributed by atoms with Crippen LogP contribution in [0.4, 0.5) is 4.79 Å². The number of carbonyl (C=O) groups excluding carboxylic acids is 3. The van der Waals surface area contributed by atoms with Crippen molar-refractivity contribution in [3.8, 4) is 0 Å². The molecule has 1 rings (SSSR count). The fourth-order valence-electron chi connectivity index (χ4n) is 1.40. The van der Waals surface area contributed by atoms with Crippen molar-refractivity contribution in [3.05, 3.63) is 0 Å². The van der Waals surface area contributed by atoms with Crippen molar-refractivity contribution in [2.45, 2.75) is 24.3 Å². The Balaban J connectivity index is 2.82. The molecule has 0 aromatic carbocycles. The van der Waals surface area contributed by atoms with E-state index in [1.165, 1.54) is 0 Å². The zero-order valence-electron chi connectivity index (χ0n) is 9.08. The fourth-order valence-corrected chi connectivity index (χ4v) is 1.73. The molecule has 1 aliphatic rings. The van der Waals surface area contributed by atoms with Gasteiger partial charge in [-0.25, -0.2) is 4.79 Å². The third kappa shape index (κ3) is 2.70. The maximum Gasteiger partial charge on any atom is 0.334 e. The molecule has 2 unspecified atom stereocenters. The van der Waals surface area contributed by atoms with Crippen LogP contribution >= 0.6 is 25.3 Å². The summed E-state index contributed by atoms with van der Waals surface area (Å²) in [7, 11) is 0. The summed E-state index contributed by atoms with van der Waals surface area (Å²) in [5.74, 6) is -1.56. The standard InChI is InChI=1S/C9H14N2O3S2/c1-5(15)3-10-7(12)8(13)11(9(10)14)4-6(2)16/h5-6,15-16H,3-4H2,1-2H3. The van der Waals surface area contributed by atoms with Crippen LogP contribution in [0.3, 0.4) is 0 Å². The van der Waals surface area contributed by atoms with Gasteiger partial charge in [-0.1, -0.05) is 13.8 Å². The second kappa shape index (κ2) is 5.09. The van der Waals surface area contributed by atoms with Crippen LogP contribution in [0.5, 0.6) is 0 Å². The van der Waals surface area contributed by atoms with Crippen LogP contribution in [-0.2, 0) is 9.59 Å². The lowest BCUT2D eigenvalue weighted by Crippen LogP contribution is -2.38. The van der Waals surface area contributed by atoms with E-state index >= 15 is 0 Å². The summed E-state index contributed by atoms with van der Waals surface area (Å²) >= 11 is 8.18. The molecule has 1 fully saturated rings. The van der Waals surface area contributed by atoms with Gasteiger partial charge in [0.25, 0.3) is 0 Å². The molecule has 5 nitrogen and oxygen atoms in total. The molecule has 90 valence electrons. The summed E-state index contributed by atoms with van der Waals surface area (Å²) in [5, 5.41) is -0.317. The van der Waals surface area contributed by atoms with Crippen molar-refractivity contribution in [2.75, 3.05) is 13.1 Å². The zero-order valence-corrected chi connectivity index (χ0v) is 10.9. The Labute approximate surface area is 105 Å². The molecule has 0 aliphatic carbocycles. The third-order valence-corrected chi connectivity index (χ3v) is 2.36. The molecule has 1 saturated heterocycles. The zero-order chi connectivity index (χ0) is 12.5. The van der Waals surface area contributed by atoms with E-state index in [-0.39, 0.29) is 23.6 Å². The number of urea groups is 1. The molecular formula is C9H14N2O3S2. The Morgan fingerprint density at radius 2 is 1.25 bits per heavy atom. The Kier molecular flexibility index (Phi) is 4.26. The van der Waals surface area contributed by atoms with E-state index in [9.17, 15) is 14.4 Å². The highest BCUT2D eigenvalue weighted by atomic mass is 32.1. The van der Waals surface area contributed by atoms with Crippen molar-refractivity contribution >= 4 is 43.1 Å². The van der Waals surface area contributed by atoms with Gasteiger partial charge < -0.3 is 0 Å². The number of nitrogens with zero attached hydrogens (tertiary/aromatic N) is 2. The molecule has 7 heteroatoms. The predicted octanol–water partition coefficient (Wildman–Crippen LogP) is 0.414. The summed E-state index contributed by atoms with van der Waals surface area (Å²) < 4.78 is 0. The molecule has 0 aromatic rings. The number of thiol groups is 2. The van der Waals surface area contributed by atoms with Crippen LogP contribution in [0, 0.1) is 0 Å². The van der Waals surface area contributed by atoms with Gasteiger partial charge in [-0.15, -0.1) is 0 Å². The van der Waals surface area contributed by atoms with Crippen LogP contribution in [0.15, 0.2) is 0 Å². The van der Waals surface area contributed by atoms with Crippen LogP contribution in [0.25, 0.3) is 0 Å². The highest BCUT2D eigenvalue weighted by molar-refractivity contribution is 7.81. The Morgan fingerprint density at radius 3 is 1.50 bits per heavy atom. The topological polar surface area (TPSA) is 57.7 Å². The molecular weight excluding hydrogens is 248 g/mol. The number of hydrogen-bond donors (Lipinski definition) is 2. The summed E-state index contributed by atoms with van der Waals surface area (Å²) in [6.07, 6.45) is 0. The SMILES string of the molecule is CC(S)CN1C(=O)C(=O)N(CC(C)S)C1=O. The van der Waals surface area contributed by atoms with E-state index in [0.29, 0.717) is 0 Å². The van der Waals surface area contributed by atoms with Gasteiger partial charge in [0, 0.05) is 23.6 Å². The first-order chi connectivity index (χ1) is 7.34. The molecule has 0 spiro atoms. The Morgan fingerprint density at radius 1 is 0.938 bits per heavy atom. The van der Waals surface area contributed by atoms with Crippen molar-refractivity contribution in [3.63, 3.8) is 0 Å². The van der Waals surface area contributed by atoms with Gasteiger partial charge in [-0.3, -0.25) is 19.4 Å². The first-order valence-corrected chi connectivity index (χ1v) is 5.91. The van der Waals surface area contributed by atoms with Gasteiger partial charge in [-0.05, 0) is 0 Å². The van der Waals surface area contributed by atoms with Crippen LogP contribution in [-0.4, -0.2) is 51.2 Å². The minimum Gasteiger partial charge on any atom is -0.263 e. The minimum absolute atomic E-state index is 0.143. The van der Waals surface area contributed by atoms with Crippen molar-refractivity contribution in [1.29, 1.82) is 0 Å². The first-order valence-electron chi connectivity index (χ1n) is 4.88. The number of hydrogen-bond acceptors (Lipinski definition) is 5. The van der Waals surface area contributed by atoms with Gasteiger partial charge in [0.1, 0.15) is 0 Å². The van der Waals surface area contributed by atoms with Crippen LogP contribution in [0.2, 0.25) is 0 Å². The second-order valence-corrected chi connectivity index (χ2v) is 5.58. The van der Waals surface area contributed by atoms with Gasteiger partial charge in [0.15, 0.2) is 0 Å². The van der Waals surface area contributed by atoms with E-state index in [0.717, 1.165) is 9.80 Å². The molecule has 0 bridgehead atoms. The maximum atomic E-state index is 11.7. The van der Waals surface area contributed by atoms with E-state index in [1.54, 1.807) is 13.8 Å². The smallest absolute Gasteiger partial charge is 0.263 e. The molecule has 1 heterocycles. The molecule has 2 atom stereocenters. The highest BCUT2D eigenvalue weighted by Crippen LogP contribution is 2.15. The van der Waals surface area contributed by atoms with Crippen molar-refractivity contribution < 1.29 is 14.4 Å². The average molecular weight is 262 g/mol.